The fraction of sp³-hybridized carbons (Fsp3) is 0. The Labute approximate surface area is 72.3 Å². The zero-order valence-corrected chi connectivity index (χ0v) is 8.23. The van der Waals surface area contributed by atoms with Gasteiger partial charge in [0.1, 0.15) is 0 Å². The summed E-state index contributed by atoms with van der Waals surface area (Å²) in [5.41, 5.74) is 0. The van der Waals surface area contributed by atoms with Crippen LogP contribution in [0.5, 0.6) is 0 Å². The summed E-state index contributed by atoms with van der Waals surface area (Å²) in [5, 5.41) is 7.39. The van der Waals surface area contributed by atoms with E-state index in [4.69, 9.17) is 9.81 Å². The van der Waals surface area contributed by atoms with Gasteiger partial charge < -0.3 is 0 Å². The SMILES string of the molecule is N#COS(=O)(=O)O.[HH].[HH].[HH].[HH].[Pb]. The summed E-state index contributed by atoms with van der Waals surface area (Å²) < 4.78 is 29.3. The van der Waals surface area contributed by atoms with Crippen molar-refractivity contribution in [2.24, 2.45) is 0 Å². The summed E-state index contributed by atoms with van der Waals surface area (Å²) >= 11 is 0. The monoisotopic (exact) mass is 339 g/mol. The molecule has 0 bridgehead atoms. The summed E-state index contributed by atoms with van der Waals surface area (Å²) in [6.45, 7) is 0. The molecular formula is CH9NO4PbS. The van der Waals surface area contributed by atoms with Crippen molar-refractivity contribution in [1.29, 1.82) is 5.26 Å². The van der Waals surface area contributed by atoms with Gasteiger partial charge in [-0.3, -0.25) is 8.74 Å². The molecule has 0 aliphatic heterocycles. The molecule has 0 aliphatic carbocycles. The van der Waals surface area contributed by atoms with Gasteiger partial charge in [-0.1, -0.05) is 0 Å². The molecule has 0 amide bonds. The Morgan fingerprint density at radius 1 is 1.75 bits per heavy atom. The van der Waals surface area contributed by atoms with Crippen LogP contribution in [0.1, 0.15) is 5.71 Å². The standard InChI is InChI=1S/CHNO4S.Pb.4H2/c2-1-6-7(3,4)5;;;;;/h(H,3,4,5);;4*1H. The van der Waals surface area contributed by atoms with Crippen molar-refractivity contribution in [3.8, 4) is 6.26 Å². The first-order valence-electron chi connectivity index (χ1n) is 1.11. The molecule has 7 heteroatoms. The molecule has 0 rings (SSSR count). The third-order valence-corrected chi connectivity index (χ3v) is 0.428. The molecular weight excluding hydrogens is 329 g/mol. The van der Waals surface area contributed by atoms with Gasteiger partial charge in [0.05, 0.1) is 0 Å². The molecule has 0 heterocycles. The minimum Gasteiger partial charge on any atom is -0.281 e. The van der Waals surface area contributed by atoms with E-state index in [1.807, 2.05) is 0 Å². The van der Waals surface area contributed by atoms with Crippen molar-refractivity contribution < 1.29 is 22.9 Å². The average Bonchev–Trinajstić information content (AvgIpc) is 1.30. The van der Waals surface area contributed by atoms with E-state index in [1.165, 1.54) is 0 Å². The Kier molecular flexibility index (Phi) is 5.56. The molecule has 0 unspecified atom stereocenters. The van der Waals surface area contributed by atoms with Crippen molar-refractivity contribution in [2.75, 3.05) is 0 Å². The maximum atomic E-state index is 9.34. The minimum atomic E-state index is -4.54. The Hall–Kier alpha value is 0.122. The van der Waals surface area contributed by atoms with Crippen LogP contribution in [-0.4, -0.2) is 40.3 Å². The molecule has 1 N–H and O–H groups in total. The van der Waals surface area contributed by atoms with Gasteiger partial charge in [-0.05, 0) is 0 Å². The summed E-state index contributed by atoms with van der Waals surface area (Å²) in [5.74, 6) is 0. The molecule has 8 heavy (non-hydrogen) atoms. The quantitative estimate of drug-likeness (QED) is 0.409. The molecule has 0 saturated carbocycles. The molecule has 0 fully saturated rings. The molecule has 0 spiro atoms. The van der Waals surface area contributed by atoms with E-state index in [1.54, 1.807) is 0 Å². The smallest absolute Gasteiger partial charge is 0.281 e. The molecule has 0 atom stereocenters. The second-order valence-corrected chi connectivity index (χ2v) is 1.62. The van der Waals surface area contributed by atoms with E-state index in [0.717, 1.165) is 6.26 Å². The van der Waals surface area contributed by atoms with Gasteiger partial charge >= 0.3 is 16.7 Å². The number of rotatable bonds is 1. The van der Waals surface area contributed by atoms with Gasteiger partial charge in [0.2, 0.25) is 0 Å². The predicted octanol–water partition coefficient (Wildman–Crippen LogP) is -0.110. The van der Waals surface area contributed by atoms with E-state index in [0.29, 0.717) is 0 Å². The molecule has 5 nitrogen and oxygen atoms in total. The van der Waals surface area contributed by atoms with E-state index >= 15 is 0 Å². The Balaban J connectivity index is -0.0000000180. The van der Waals surface area contributed by atoms with Crippen molar-refractivity contribution in [2.45, 2.75) is 0 Å². The van der Waals surface area contributed by atoms with E-state index < -0.39 is 10.4 Å². The molecule has 0 aliphatic rings. The van der Waals surface area contributed by atoms with Crippen LogP contribution < -0.4 is 0 Å². The van der Waals surface area contributed by atoms with Crippen molar-refractivity contribution >= 4 is 37.7 Å². The number of nitriles is 1. The molecule has 0 aromatic rings. The third kappa shape index (κ3) is 9.45. The summed E-state index contributed by atoms with van der Waals surface area (Å²) in [6.07, 6.45) is 0.770. The first-order valence-corrected chi connectivity index (χ1v) is 2.48. The molecule has 0 saturated heterocycles. The summed E-state index contributed by atoms with van der Waals surface area (Å²) in [6, 6.07) is 0. The van der Waals surface area contributed by atoms with Crippen LogP contribution in [0.15, 0.2) is 0 Å². The van der Waals surface area contributed by atoms with Crippen molar-refractivity contribution in [1.82, 2.24) is 0 Å². The normalized spacial score (nSPS) is 8.50. The fourth-order valence-electron chi connectivity index (χ4n) is 0.0471. The van der Waals surface area contributed by atoms with Crippen molar-refractivity contribution in [3.63, 3.8) is 0 Å². The number of nitrogens with zero attached hydrogens (tertiary/aromatic N) is 1. The summed E-state index contributed by atoms with van der Waals surface area (Å²) in [4.78, 5) is 0. The molecule has 52 valence electrons. The fourth-order valence-corrected chi connectivity index (χ4v) is 0.141. The van der Waals surface area contributed by atoms with E-state index in [-0.39, 0.29) is 33.0 Å². The van der Waals surface area contributed by atoms with Crippen LogP contribution in [0, 0.1) is 11.5 Å². The molecule has 0 aromatic heterocycles. The minimum absolute atomic E-state index is 0. The molecule has 0 aromatic carbocycles. The van der Waals surface area contributed by atoms with Gasteiger partial charge in [-0.25, -0.2) is 0 Å². The summed E-state index contributed by atoms with van der Waals surface area (Å²) in [7, 11) is -4.54. The zero-order chi connectivity index (χ0) is 5.91. The average molecular weight is 338 g/mol. The largest absolute Gasteiger partial charge is 0.456 e. The third-order valence-electron chi connectivity index (χ3n) is 0.143. The first kappa shape index (κ1) is 11.0. The van der Waals surface area contributed by atoms with Crippen LogP contribution in [0.25, 0.3) is 0 Å². The predicted molar refractivity (Wildman–Crippen MR) is 32.5 cm³/mol. The van der Waals surface area contributed by atoms with Crippen LogP contribution in [0.4, 0.5) is 0 Å². The van der Waals surface area contributed by atoms with Crippen molar-refractivity contribution in [3.05, 3.63) is 0 Å². The number of hydrogen-bond donors (Lipinski definition) is 1. The van der Waals surface area contributed by atoms with Gasteiger partial charge in [0, 0.05) is 33.0 Å². The second kappa shape index (κ2) is 4.05. The van der Waals surface area contributed by atoms with E-state index in [9.17, 15) is 8.42 Å². The van der Waals surface area contributed by atoms with Gasteiger partial charge in [-0.15, -0.1) is 5.26 Å². The van der Waals surface area contributed by atoms with Crippen LogP contribution in [0.3, 0.4) is 0 Å². The van der Waals surface area contributed by atoms with Crippen LogP contribution in [0.2, 0.25) is 0 Å². The van der Waals surface area contributed by atoms with Crippen LogP contribution >= 0.6 is 0 Å². The Morgan fingerprint density at radius 3 is 2.12 bits per heavy atom. The Morgan fingerprint density at radius 2 is 2.12 bits per heavy atom. The number of hydrogen-bond acceptors (Lipinski definition) is 4. The maximum absolute atomic E-state index is 9.34. The second-order valence-electron chi connectivity index (χ2n) is 0.602. The Bertz CT molecular complexity index is 188. The van der Waals surface area contributed by atoms with Gasteiger partial charge in [-0.2, -0.15) is 8.42 Å². The maximum Gasteiger partial charge on any atom is 0.456 e. The molecule has 4 radical (unpaired) electrons. The topological polar surface area (TPSA) is 87.4 Å². The van der Waals surface area contributed by atoms with Gasteiger partial charge in [0.15, 0.2) is 0 Å². The first-order chi connectivity index (χ1) is 3.06. The zero-order valence-electron chi connectivity index (χ0n) is 3.53. The van der Waals surface area contributed by atoms with Gasteiger partial charge in [0.25, 0.3) is 0 Å². The van der Waals surface area contributed by atoms with E-state index in [2.05, 4.69) is 4.18 Å². The van der Waals surface area contributed by atoms with Crippen LogP contribution in [-0.2, 0) is 14.6 Å².